The number of nitrogens with one attached hydrogen (secondary N) is 1. The summed E-state index contributed by atoms with van der Waals surface area (Å²) in [6.07, 6.45) is 0.903. The Hall–Kier alpha value is -2.18. The zero-order valence-electron chi connectivity index (χ0n) is 13.7. The molecule has 0 radical (unpaired) electrons. The molecule has 0 spiro atoms. The van der Waals surface area contributed by atoms with Gasteiger partial charge in [0.05, 0.1) is 6.54 Å². The quantitative estimate of drug-likeness (QED) is 0.505. The minimum Gasteiger partial charge on any atom is -0.299 e. The summed E-state index contributed by atoms with van der Waals surface area (Å²) in [5.41, 5.74) is 7.24. The Labute approximate surface area is 136 Å². The Morgan fingerprint density at radius 2 is 2.09 bits per heavy atom. The molecule has 6 heteroatoms. The van der Waals surface area contributed by atoms with E-state index in [9.17, 15) is 4.79 Å². The molecule has 0 fully saturated rings. The Bertz CT molecular complexity index is 705. The van der Waals surface area contributed by atoms with Gasteiger partial charge in [-0.2, -0.15) is 5.10 Å². The maximum absolute atomic E-state index is 12.1. The molecule has 6 nitrogen and oxygen atoms in total. The molecule has 3 N–H and O–H groups in total. The summed E-state index contributed by atoms with van der Waals surface area (Å²) in [7, 11) is 0. The lowest BCUT2D eigenvalue weighted by molar-refractivity contribution is 0.0945. The highest BCUT2D eigenvalue weighted by molar-refractivity contribution is 5.93. The first-order chi connectivity index (χ1) is 11.1. The SMILES string of the molecule is CCN1CCc2c(c(C(=O)NN)nn2Cc2ccc(C)cc2)C1. The fraction of sp³-hybridized carbons (Fsp3) is 0.412. The van der Waals surface area contributed by atoms with Crippen LogP contribution in [-0.4, -0.2) is 33.7 Å². The Balaban J connectivity index is 1.96. The van der Waals surface area contributed by atoms with Crippen molar-refractivity contribution in [3.05, 3.63) is 52.3 Å². The van der Waals surface area contributed by atoms with Crippen LogP contribution in [0, 0.1) is 6.92 Å². The molecule has 2 heterocycles. The van der Waals surface area contributed by atoms with Crippen molar-refractivity contribution in [1.82, 2.24) is 20.1 Å². The summed E-state index contributed by atoms with van der Waals surface area (Å²) in [5, 5.41) is 4.55. The number of hydrogen-bond donors (Lipinski definition) is 2. The number of benzene rings is 1. The summed E-state index contributed by atoms with van der Waals surface area (Å²) in [4.78, 5) is 14.4. The van der Waals surface area contributed by atoms with Crippen LogP contribution >= 0.6 is 0 Å². The van der Waals surface area contributed by atoms with Crippen molar-refractivity contribution in [1.29, 1.82) is 0 Å². The van der Waals surface area contributed by atoms with Gasteiger partial charge in [0.1, 0.15) is 0 Å². The molecule has 0 atom stereocenters. The number of carbonyl (C=O) groups is 1. The van der Waals surface area contributed by atoms with Gasteiger partial charge in [0.15, 0.2) is 5.69 Å². The first-order valence-electron chi connectivity index (χ1n) is 7.99. The molecule has 0 aliphatic carbocycles. The normalized spacial score (nSPS) is 14.6. The predicted molar refractivity (Wildman–Crippen MR) is 88.8 cm³/mol. The van der Waals surface area contributed by atoms with Crippen LogP contribution in [0.4, 0.5) is 0 Å². The molecule has 1 aromatic carbocycles. The van der Waals surface area contributed by atoms with Crippen LogP contribution in [0.3, 0.4) is 0 Å². The van der Waals surface area contributed by atoms with Crippen LogP contribution in [0.25, 0.3) is 0 Å². The van der Waals surface area contributed by atoms with Gasteiger partial charge in [0.2, 0.25) is 0 Å². The summed E-state index contributed by atoms with van der Waals surface area (Å²) in [5.74, 6) is 5.00. The maximum atomic E-state index is 12.1. The lowest BCUT2D eigenvalue weighted by Crippen LogP contribution is -2.34. The van der Waals surface area contributed by atoms with Crippen molar-refractivity contribution in [2.24, 2.45) is 5.84 Å². The third-order valence-corrected chi connectivity index (χ3v) is 4.46. The number of aromatic nitrogens is 2. The molecule has 3 rings (SSSR count). The second kappa shape index (κ2) is 6.52. The molecular weight excluding hydrogens is 290 g/mol. The first-order valence-corrected chi connectivity index (χ1v) is 7.99. The minimum absolute atomic E-state index is 0.318. The number of nitrogens with two attached hydrogens (primary N) is 1. The van der Waals surface area contributed by atoms with Gasteiger partial charge in [-0.3, -0.25) is 19.8 Å². The van der Waals surface area contributed by atoms with Crippen molar-refractivity contribution in [3.63, 3.8) is 0 Å². The molecule has 0 unspecified atom stereocenters. The van der Waals surface area contributed by atoms with Gasteiger partial charge >= 0.3 is 0 Å². The number of carbonyl (C=O) groups excluding carboxylic acids is 1. The Kier molecular flexibility index (Phi) is 4.45. The smallest absolute Gasteiger partial charge is 0.286 e. The van der Waals surface area contributed by atoms with E-state index in [-0.39, 0.29) is 5.91 Å². The molecule has 1 aliphatic heterocycles. The van der Waals surface area contributed by atoms with E-state index in [0.717, 1.165) is 37.3 Å². The number of likely N-dealkylation sites (N-methyl/N-ethyl adjacent to an activating group) is 1. The number of hydrazine groups is 1. The summed E-state index contributed by atoms with van der Waals surface area (Å²) >= 11 is 0. The third kappa shape index (κ3) is 3.13. The molecule has 0 bridgehead atoms. The van der Waals surface area contributed by atoms with Crippen molar-refractivity contribution in [2.75, 3.05) is 13.1 Å². The maximum Gasteiger partial charge on any atom is 0.286 e. The zero-order valence-corrected chi connectivity index (χ0v) is 13.7. The number of rotatable bonds is 4. The average Bonchev–Trinajstić information content (AvgIpc) is 2.94. The van der Waals surface area contributed by atoms with E-state index < -0.39 is 0 Å². The average molecular weight is 313 g/mol. The highest BCUT2D eigenvalue weighted by Gasteiger charge is 2.27. The van der Waals surface area contributed by atoms with E-state index in [0.29, 0.717) is 12.2 Å². The molecular formula is C17H23N5O. The van der Waals surface area contributed by atoms with Gasteiger partial charge in [0.25, 0.3) is 5.91 Å². The fourth-order valence-corrected chi connectivity index (χ4v) is 3.06. The second-order valence-corrected chi connectivity index (χ2v) is 6.01. The van der Waals surface area contributed by atoms with E-state index in [1.165, 1.54) is 11.1 Å². The van der Waals surface area contributed by atoms with E-state index >= 15 is 0 Å². The predicted octanol–water partition coefficient (Wildman–Crippen LogP) is 1.22. The Morgan fingerprint density at radius 3 is 2.74 bits per heavy atom. The molecule has 2 aromatic rings. The summed E-state index contributed by atoms with van der Waals surface area (Å²) < 4.78 is 1.96. The monoisotopic (exact) mass is 313 g/mol. The molecule has 1 aliphatic rings. The highest BCUT2D eigenvalue weighted by Crippen LogP contribution is 2.23. The van der Waals surface area contributed by atoms with Crippen LogP contribution in [0.15, 0.2) is 24.3 Å². The molecule has 1 aromatic heterocycles. The highest BCUT2D eigenvalue weighted by atomic mass is 16.2. The van der Waals surface area contributed by atoms with E-state index in [1.54, 1.807) is 0 Å². The molecule has 0 saturated carbocycles. The number of fused-ring (bicyclic) bond motifs is 1. The van der Waals surface area contributed by atoms with Crippen LogP contribution in [-0.2, 0) is 19.5 Å². The van der Waals surface area contributed by atoms with Gasteiger partial charge in [0, 0.05) is 30.8 Å². The lowest BCUT2D eigenvalue weighted by Gasteiger charge is -2.26. The number of amides is 1. The number of hydrogen-bond acceptors (Lipinski definition) is 4. The first kappa shape index (κ1) is 15.7. The standard InChI is InChI=1S/C17H23N5O/c1-3-21-9-8-15-14(11-21)16(17(23)19-18)20-22(15)10-13-6-4-12(2)5-7-13/h4-7H,3,8-11,18H2,1-2H3,(H,19,23). The van der Waals surface area contributed by atoms with Gasteiger partial charge in [-0.25, -0.2) is 5.84 Å². The van der Waals surface area contributed by atoms with Gasteiger partial charge < -0.3 is 0 Å². The van der Waals surface area contributed by atoms with E-state index in [1.807, 2.05) is 4.68 Å². The molecule has 122 valence electrons. The largest absolute Gasteiger partial charge is 0.299 e. The number of nitrogens with zero attached hydrogens (tertiary/aromatic N) is 3. The van der Waals surface area contributed by atoms with Gasteiger partial charge in [-0.15, -0.1) is 0 Å². The third-order valence-electron chi connectivity index (χ3n) is 4.46. The van der Waals surface area contributed by atoms with Crippen LogP contribution < -0.4 is 11.3 Å². The van der Waals surface area contributed by atoms with Gasteiger partial charge in [-0.1, -0.05) is 36.8 Å². The van der Waals surface area contributed by atoms with Gasteiger partial charge in [-0.05, 0) is 19.0 Å². The van der Waals surface area contributed by atoms with Crippen LogP contribution in [0.1, 0.15) is 39.8 Å². The molecule has 23 heavy (non-hydrogen) atoms. The zero-order chi connectivity index (χ0) is 16.4. The van der Waals surface area contributed by atoms with Crippen molar-refractivity contribution < 1.29 is 4.79 Å². The van der Waals surface area contributed by atoms with Crippen molar-refractivity contribution in [2.45, 2.75) is 33.4 Å². The summed E-state index contributed by atoms with van der Waals surface area (Å²) in [6, 6.07) is 8.40. The van der Waals surface area contributed by atoms with Crippen LogP contribution in [0.5, 0.6) is 0 Å². The number of aryl methyl sites for hydroxylation is 1. The molecule has 1 amide bonds. The topological polar surface area (TPSA) is 76.2 Å². The summed E-state index contributed by atoms with van der Waals surface area (Å²) in [6.45, 7) is 7.58. The second-order valence-electron chi connectivity index (χ2n) is 6.01. The van der Waals surface area contributed by atoms with Crippen LogP contribution in [0.2, 0.25) is 0 Å². The minimum atomic E-state index is -0.318. The lowest BCUT2D eigenvalue weighted by atomic mass is 10.0. The van der Waals surface area contributed by atoms with Crippen molar-refractivity contribution >= 4 is 5.91 Å². The number of nitrogen functional groups attached to an aromatic ring is 1. The fourth-order valence-electron chi connectivity index (χ4n) is 3.06. The molecule has 0 saturated heterocycles. The van der Waals surface area contributed by atoms with Crippen molar-refractivity contribution in [3.8, 4) is 0 Å². The Morgan fingerprint density at radius 1 is 1.35 bits per heavy atom. The van der Waals surface area contributed by atoms with E-state index in [2.05, 4.69) is 53.5 Å². The van der Waals surface area contributed by atoms with E-state index in [4.69, 9.17) is 5.84 Å².